The van der Waals surface area contributed by atoms with Crippen LogP contribution >= 0.6 is 0 Å². The number of ether oxygens (including phenoxy) is 2. The molecule has 2 aliphatic heterocycles. The fraction of sp³-hybridized carbons (Fsp3) is 0.692. The average molecular weight is 237 g/mol. The van der Waals surface area contributed by atoms with Crippen molar-refractivity contribution in [2.75, 3.05) is 19.8 Å². The first-order valence-corrected chi connectivity index (χ1v) is 6.30. The fourth-order valence-corrected chi connectivity index (χ4v) is 2.95. The van der Waals surface area contributed by atoms with Gasteiger partial charge in [-0.15, -0.1) is 0 Å². The molecule has 0 aromatic carbocycles. The van der Waals surface area contributed by atoms with Gasteiger partial charge in [0.15, 0.2) is 0 Å². The summed E-state index contributed by atoms with van der Waals surface area (Å²) >= 11 is 0. The Balaban J connectivity index is 1.71. The Labute approximate surface area is 101 Å². The number of hydrogen-bond acceptors (Lipinski definition) is 4. The summed E-state index contributed by atoms with van der Waals surface area (Å²) in [7, 11) is 0. The standard InChI is InChI=1S/C13H19NO3/c14-12(11-2-1-5-16-11)10-3-6-17-13(8-10)4-7-15-9-13/h1-2,5,10,12H,3-4,6-9,14H2. The van der Waals surface area contributed by atoms with Crippen molar-refractivity contribution in [1.29, 1.82) is 0 Å². The van der Waals surface area contributed by atoms with E-state index >= 15 is 0 Å². The second kappa shape index (κ2) is 4.44. The van der Waals surface area contributed by atoms with E-state index in [2.05, 4.69) is 0 Å². The molecule has 3 rings (SSSR count). The van der Waals surface area contributed by atoms with E-state index < -0.39 is 0 Å². The second-order valence-electron chi connectivity index (χ2n) is 5.13. The molecule has 2 saturated heterocycles. The zero-order valence-corrected chi connectivity index (χ0v) is 9.93. The van der Waals surface area contributed by atoms with Crippen molar-refractivity contribution in [2.45, 2.75) is 30.9 Å². The SMILES string of the molecule is NC(c1ccco1)C1CCOC2(CCOC2)C1. The third-order valence-electron chi connectivity index (χ3n) is 3.98. The van der Waals surface area contributed by atoms with Gasteiger partial charge >= 0.3 is 0 Å². The molecule has 2 aliphatic rings. The van der Waals surface area contributed by atoms with Crippen molar-refractivity contribution in [3.8, 4) is 0 Å². The molecule has 3 unspecified atom stereocenters. The summed E-state index contributed by atoms with van der Waals surface area (Å²) in [6.45, 7) is 2.31. The molecule has 1 spiro atoms. The summed E-state index contributed by atoms with van der Waals surface area (Å²) in [5, 5.41) is 0. The van der Waals surface area contributed by atoms with Gasteiger partial charge in [0.25, 0.3) is 0 Å². The van der Waals surface area contributed by atoms with Crippen LogP contribution in [0.2, 0.25) is 0 Å². The number of nitrogens with two attached hydrogens (primary N) is 1. The van der Waals surface area contributed by atoms with E-state index in [1.54, 1.807) is 6.26 Å². The highest BCUT2D eigenvalue weighted by molar-refractivity contribution is 5.07. The number of hydrogen-bond donors (Lipinski definition) is 1. The first-order chi connectivity index (χ1) is 8.29. The molecule has 0 saturated carbocycles. The maximum absolute atomic E-state index is 6.27. The van der Waals surface area contributed by atoms with E-state index in [-0.39, 0.29) is 11.6 Å². The molecule has 4 nitrogen and oxygen atoms in total. The first-order valence-electron chi connectivity index (χ1n) is 6.30. The Kier molecular flexibility index (Phi) is 2.94. The third kappa shape index (κ3) is 2.12. The molecular weight excluding hydrogens is 218 g/mol. The molecule has 0 aliphatic carbocycles. The lowest BCUT2D eigenvalue weighted by Gasteiger charge is -2.38. The van der Waals surface area contributed by atoms with Gasteiger partial charge in [0.2, 0.25) is 0 Å². The smallest absolute Gasteiger partial charge is 0.120 e. The summed E-state index contributed by atoms with van der Waals surface area (Å²) in [6.07, 6.45) is 4.66. The van der Waals surface area contributed by atoms with Gasteiger partial charge < -0.3 is 19.6 Å². The maximum atomic E-state index is 6.27. The Bertz CT molecular complexity index is 357. The molecule has 1 aromatic rings. The van der Waals surface area contributed by atoms with Crippen LogP contribution in [0.4, 0.5) is 0 Å². The molecule has 1 aromatic heterocycles. The molecule has 17 heavy (non-hydrogen) atoms. The van der Waals surface area contributed by atoms with E-state index in [1.165, 1.54) is 0 Å². The summed E-state index contributed by atoms with van der Waals surface area (Å²) in [4.78, 5) is 0. The Morgan fingerprint density at radius 1 is 1.41 bits per heavy atom. The zero-order chi connectivity index (χ0) is 11.7. The van der Waals surface area contributed by atoms with Gasteiger partial charge in [-0.2, -0.15) is 0 Å². The molecule has 2 N–H and O–H groups in total. The molecule has 0 amide bonds. The van der Waals surface area contributed by atoms with Crippen LogP contribution in [-0.4, -0.2) is 25.4 Å². The van der Waals surface area contributed by atoms with Gasteiger partial charge in [-0.3, -0.25) is 0 Å². The Morgan fingerprint density at radius 3 is 3.06 bits per heavy atom. The molecule has 0 radical (unpaired) electrons. The van der Waals surface area contributed by atoms with Crippen molar-refractivity contribution in [3.05, 3.63) is 24.2 Å². The maximum Gasteiger partial charge on any atom is 0.120 e. The molecule has 4 heteroatoms. The van der Waals surface area contributed by atoms with Crippen LogP contribution in [0.15, 0.2) is 22.8 Å². The lowest BCUT2D eigenvalue weighted by molar-refractivity contribution is -0.102. The third-order valence-corrected chi connectivity index (χ3v) is 3.98. The molecule has 3 atom stereocenters. The predicted molar refractivity (Wildman–Crippen MR) is 62.5 cm³/mol. The Hall–Kier alpha value is -0.840. The molecule has 3 heterocycles. The first kappa shape index (κ1) is 11.3. The van der Waals surface area contributed by atoms with Gasteiger partial charge in [-0.1, -0.05) is 0 Å². The predicted octanol–water partition coefficient (Wildman–Crippen LogP) is 1.87. The van der Waals surface area contributed by atoms with Crippen molar-refractivity contribution in [1.82, 2.24) is 0 Å². The minimum Gasteiger partial charge on any atom is -0.468 e. The van der Waals surface area contributed by atoms with Crippen molar-refractivity contribution in [3.63, 3.8) is 0 Å². The van der Waals surface area contributed by atoms with Gasteiger partial charge in [-0.05, 0) is 30.9 Å². The van der Waals surface area contributed by atoms with Crippen LogP contribution in [0.3, 0.4) is 0 Å². The normalized spacial score (nSPS) is 35.2. The monoisotopic (exact) mass is 237 g/mol. The zero-order valence-electron chi connectivity index (χ0n) is 9.93. The average Bonchev–Trinajstić information content (AvgIpc) is 3.00. The van der Waals surface area contributed by atoms with E-state index in [9.17, 15) is 0 Å². The molecule has 2 fully saturated rings. The van der Waals surface area contributed by atoms with Crippen LogP contribution in [0.25, 0.3) is 0 Å². The van der Waals surface area contributed by atoms with Gasteiger partial charge in [0.05, 0.1) is 24.5 Å². The summed E-state index contributed by atoms with van der Waals surface area (Å²) in [6, 6.07) is 3.83. The van der Waals surface area contributed by atoms with Crippen LogP contribution in [-0.2, 0) is 9.47 Å². The molecule has 94 valence electrons. The highest BCUT2D eigenvalue weighted by atomic mass is 16.6. The Morgan fingerprint density at radius 2 is 2.35 bits per heavy atom. The summed E-state index contributed by atoms with van der Waals surface area (Å²) < 4.78 is 16.8. The minimum absolute atomic E-state index is 0.0219. The molecular formula is C13H19NO3. The van der Waals surface area contributed by atoms with E-state index in [0.29, 0.717) is 12.5 Å². The van der Waals surface area contributed by atoms with Crippen molar-refractivity contribution in [2.24, 2.45) is 11.7 Å². The summed E-state index contributed by atoms with van der Waals surface area (Å²) in [5.74, 6) is 1.31. The van der Waals surface area contributed by atoms with E-state index in [0.717, 1.165) is 38.2 Å². The quantitative estimate of drug-likeness (QED) is 0.853. The molecule has 0 bridgehead atoms. The second-order valence-corrected chi connectivity index (χ2v) is 5.13. The van der Waals surface area contributed by atoms with E-state index in [4.69, 9.17) is 19.6 Å². The van der Waals surface area contributed by atoms with Gasteiger partial charge in [0, 0.05) is 19.6 Å². The highest BCUT2D eigenvalue weighted by Gasteiger charge is 2.42. The van der Waals surface area contributed by atoms with Crippen molar-refractivity contribution >= 4 is 0 Å². The van der Waals surface area contributed by atoms with Crippen molar-refractivity contribution < 1.29 is 13.9 Å². The lowest BCUT2D eigenvalue weighted by Crippen LogP contribution is -2.43. The fourth-order valence-electron chi connectivity index (χ4n) is 2.95. The van der Waals surface area contributed by atoms with Crippen LogP contribution in [0.1, 0.15) is 31.1 Å². The topological polar surface area (TPSA) is 57.6 Å². The van der Waals surface area contributed by atoms with E-state index in [1.807, 2.05) is 12.1 Å². The van der Waals surface area contributed by atoms with Crippen LogP contribution < -0.4 is 5.73 Å². The summed E-state index contributed by atoms with van der Waals surface area (Å²) in [5.41, 5.74) is 6.20. The van der Waals surface area contributed by atoms with Crippen LogP contribution in [0.5, 0.6) is 0 Å². The van der Waals surface area contributed by atoms with Crippen LogP contribution in [0, 0.1) is 5.92 Å². The number of furan rings is 1. The van der Waals surface area contributed by atoms with Gasteiger partial charge in [-0.25, -0.2) is 0 Å². The number of rotatable bonds is 2. The van der Waals surface area contributed by atoms with Gasteiger partial charge in [0.1, 0.15) is 5.76 Å². The minimum atomic E-state index is -0.0763. The lowest BCUT2D eigenvalue weighted by atomic mass is 9.81. The largest absolute Gasteiger partial charge is 0.468 e. The highest BCUT2D eigenvalue weighted by Crippen LogP contribution is 2.40.